The van der Waals surface area contributed by atoms with E-state index in [9.17, 15) is 0 Å². The van der Waals surface area contributed by atoms with Gasteiger partial charge in [-0.25, -0.2) is 9.98 Å². The summed E-state index contributed by atoms with van der Waals surface area (Å²) in [6.45, 7) is 10.6. The molecule has 0 amide bonds. The number of aliphatic imine (C=N–C) groups is 1. The molecule has 0 bridgehead atoms. The number of hydrogen-bond donors (Lipinski definition) is 2. The van der Waals surface area contributed by atoms with Crippen LogP contribution >= 0.6 is 0 Å². The Hall–Kier alpha value is -2.38. The van der Waals surface area contributed by atoms with Crippen LogP contribution in [0.1, 0.15) is 36.7 Å². The molecule has 0 radical (unpaired) electrons. The van der Waals surface area contributed by atoms with E-state index < -0.39 is 0 Å². The molecule has 1 atom stereocenters. The second-order valence-electron chi connectivity index (χ2n) is 7.70. The maximum atomic E-state index is 5.77. The van der Waals surface area contributed by atoms with E-state index in [0.29, 0.717) is 12.5 Å². The highest BCUT2D eigenvalue weighted by Crippen LogP contribution is 2.12. The van der Waals surface area contributed by atoms with Crippen molar-refractivity contribution >= 4 is 5.96 Å². The maximum absolute atomic E-state index is 5.77. The largest absolute Gasteiger partial charge is 0.381 e. The molecule has 164 valence electrons. The molecule has 2 heterocycles. The number of benzene rings is 1. The van der Waals surface area contributed by atoms with Crippen LogP contribution in [0.3, 0.4) is 0 Å². The van der Waals surface area contributed by atoms with E-state index in [-0.39, 0.29) is 0 Å². The molecule has 1 aromatic heterocycles. The number of guanidine groups is 1. The van der Waals surface area contributed by atoms with E-state index in [1.807, 2.05) is 19.3 Å². The SMILES string of the molecule is CCNC(=NCc1cccc(Cn2ccnc2C)c1)NCCCOCC1CCOC1. The van der Waals surface area contributed by atoms with Crippen LogP contribution in [-0.4, -0.2) is 55.0 Å². The number of ether oxygens (including phenoxy) is 2. The molecule has 3 rings (SSSR count). The van der Waals surface area contributed by atoms with Crippen LogP contribution in [0.2, 0.25) is 0 Å². The molecule has 0 spiro atoms. The van der Waals surface area contributed by atoms with Crippen LogP contribution < -0.4 is 10.6 Å². The molecule has 7 heteroatoms. The zero-order chi connectivity index (χ0) is 21.0. The predicted molar refractivity (Wildman–Crippen MR) is 120 cm³/mol. The van der Waals surface area contributed by atoms with E-state index >= 15 is 0 Å². The number of imidazole rings is 1. The van der Waals surface area contributed by atoms with Crippen molar-refractivity contribution < 1.29 is 9.47 Å². The van der Waals surface area contributed by atoms with Gasteiger partial charge in [0.1, 0.15) is 5.82 Å². The topological polar surface area (TPSA) is 72.7 Å². The lowest BCUT2D eigenvalue weighted by molar-refractivity contribution is 0.0888. The van der Waals surface area contributed by atoms with Crippen LogP contribution in [0.25, 0.3) is 0 Å². The van der Waals surface area contributed by atoms with Crippen molar-refractivity contribution in [1.82, 2.24) is 20.2 Å². The smallest absolute Gasteiger partial charge is 0.191 e. The molecule has 1 saturated heterocycles. The Morgan fingerprint density at radius 2 is 2.23 bits per heavy atom. The molecule has 1 aliphatic rings. The molecule has 1 aliphatic heterocycles. The first-order valence-corrected chi connectivity index (χ1v) is 11.0. The van der Waals surface area contributed by atoms with Crippen molar-refractivity contribution in [2.24, 2.45) is 10.9 Å². The molecule has 1 aromatic carbocycles. The Morgan fingerprint density at radius 1 is 1.33 bits per heavy atom. The molecule has 0 saturated carbocycles. The van der Waals surface area contributed by atoms with Crippen molar-refractivity contribution in [2.75, 3.05) is 39.5 Å². The highest BCUT2D eigenvalue weighted by Gasteiger charge is 2.15. The van der Waals surface area contributed by atoms with Crippen molar-refractivity contribution in [3.8, 4) is 0 Å². The van der Waals surface area contributed by atoms with Crippen LogP contribution in [0.15, 0.2) is 41.7 Å². The minimum atomic E-state index is 0.574. The van der Waals surface area contributed by atoms with Gasteiger partial charge in [0.2, 0.25) is 0 Å². The third-order valence-corrected chi connectivity index (χ3v) is 5.17. The van der Waals surface area contributed by atoms with Crippen molar-refractivity contribution in [2.45, 2.75) is 39.8 Å². The second-order valence-corrected chi connectivity index (χ2v) is 7.70. The zero-order valence-corrected chi connectivity index (χ0v) is 18.3. The van der Waals surface area contributed by atoms with Crippen LogP contribution in [0.5, 0.6) is 0 Å². The fraction of sp³-hybridized carbons (Fsp3) is 0.565. The summed E-state index contributed by atoms with van der Waals surface area (Å²) in [5.41, 5.74) is 2.45. The monoisotopic (exact) mass is 413 g/mol. The number of aromatic nitrogens is 2. The summed E-state index contributed by atoms with van der Waals surface area (Å²) in [5, 5.41) is 6.72. The minimum absolute atomic E-state index is 0.574. The van der Waals surface area contributed by atoms with Crippen LogP contribution in [-0.2, 0) is 22.6 Å². The minimum Gasteiger partial charge on any atom is -0.381 e. The van der Waals surface area contributed by atoms with E-state index in [4.69, 9.17) is 14.5 Å². The quantitative estimate of drug-likeness (QED) is 0.337. The average Bonchev–Trinajstić information content (AvgIpc) is 3.41. The summed E-state index contributed by atoms with van der Waals surface area (Å²) in [7, 11) is 0. The number of rotatable bonds is 11. The van der Waals surface area contributed by atoms with Gasteiger partial charge in [0.25, 0.3) is 0 Å². The summed E-state index contributed by atoms with van der Waals surface area (Å²) >= 11 is 0. The lowest BCUT2D eigenvalue weighted by Gasteiger charge is -2.12. The van der Waals surface area contributed by atoms with Crippen LogP contribution in [0, 0.1) is 12.8 Å². The van der Waals surface area contributed by atoms with E-state index in [0.717, 1.165) is 70.7 Å². The van der Waals surface area contributed by atoms with Gasteiger partial charge in [-0.3, -0.25) is 0 Å². The second kappa shape index (κ2) is 12.3. The molecule has 0 aliphatic carbocycles. The summed E-state index contributed by atoms with van der Waals surface area (Å²) in [6, 6.07) is 8.58. The Bertz CT molecular complexity index is 783. The highest BCUT2D eigenvalue weighted by atomic mass is 16.5. The molecule has 7 nitrogen and oxygen atoms in total. The summed E-state index contributed by atoms with van der Waals surface area (Å²) in [6.07, 6.45) is 5.93. The van der Waals surface area contributed by atoms with Gasteiger partial charge in [0, 0.05) is 51.2 Å². The van der Waals surface area contributed by atoms with Gasteiger partial charge in [-0.2, -0.15) is 0 Å². The van der Waals surface area contributed by atoms with Gasteiger partial charge < -0.3 is 24.7 Å². The molecule has 2 aromatic rings. The van der Waals surface area contributed by atoms with E-state index in [1.54, 1.807) is 0 Å². The Labute approximate surface area is 179 Å². The van der Waals surface area contributed by atoms with Gasteiger partial charge >= 0.3 is 0 Å². The lowest BCUT2D eigenvalue weighted by atomic mass is 10.1. The molecule has 2 N–H and O–H groups in total. The number of aryl methyl sites for hydroxylation is 1. The maximum Gasteiger partial charge on any atom is 0.191 e. The van der Waals surface area contributed by atoms with Crippen LogP contribution in [0.4, 0.5) is 0 Å². The van der Waals surface area contributed by atoms with Crippen molar-refractivity contribution in [1.29, 1.82) is 0 Å². The van der Waals surface area contributed by atoms with Gasteiger partial charge in [0.15, 0.2) is 5.96 Å². The highest BCUT2D eigenvalue weighted by molar-refractivity contribution is 5.79. The predicted octanol–water partition coefficient (Wildman–Crippen LogP) is 2.74. The van der Waals surface area contributed by atoms with Gasteiger partial charge in [-0.15, -0.1) is 0 Å². The number of nitrogens with zero attached hydrogens (tertiary/aromatic N) is 3. The van der Waals surface area contributed by atoms with Gasteiger partial charge in [-0.1, -0.05) is 24.3 Å². The molecular weight excluding hydrogens is 378 g/mol. The molecular formula is C23H35N5O2. The van der Waals surface area contributed by atoms with Gasteiger partial charge in [-0.05, 0) is 37.8 Å². The normalized spacial score (nSPS) is 16.7. The van der Waals surface area contributed by atoms with Gasteiger partial charge in [0.05, 0.1) is 19.8 Å². The number of nitrogens with one attached hydrogen (secondary N) is 2. The van der Waals surface area contributed by atoms with E-state index in [1.165, 1.54) is 11.1 Å². The first-order valence-electron chi connectivity index (χ1n) is 11.0. The zero-order valence-electron chi connectivity index (χ0n) is 18.3. The standard InChI is InChI=1S/C23H35N5O2/c1-3-24-23(26-9-5-12-29-17-22-8-13-30-18-22)27-15-20-6-4-7-21(14-20)16-28-11-10-25-19(28)2/h4,6-7,10-11,14,22H,3,5,8-9,12-13,15-18H2,1-2H3,(H2,24,26,27). The Kier molecular flexibility index (Phi) is 9.18. The summed E-state index contributed by atoms with van der Waals surface area (Å²) in [4.78, 5) is 9.03. The number of hydrogen-bond acceptors (Lipinski definition) is 4. The van der Waals surface area contributed by atoms with Crippen molar-refractivity contribution in [3.63, 3.8) is 0 Å². The summed E-state index contributed by atoms with van der Waals surface area (Å²) < 4.78 is 13.3. The molecule has 1 unspecified atom stereocenters. The third-order valence-electron chi connectivity index (χ3n) is 5.17. The third kappa shape index (κ3) is 7.46. The fourth-order valence-corrected chi connectivity index (χ4v) is 3.45. The molecule has 30 heavy (non-hydrogen) atoms. The van der Waals surface area contributed by atoms with Crippen molar-refractivity contribution in [3.05, 3.63) is 53.6 Å². The fourth-order valence-electron chi connectivity index (χ4n) is 3.45. The first-order chi connectivity index (χ1) is 14.7. The summed E-state index contributed by atoms with van der Waals surface area (Å²) in [5.74, 6) is 2.44. The Morgan fingerprint density at radius 3 is 3.00 bits per heavy atom. The van der Waals surface area contributed by atoms with E-state index in [2.05, 4.69) is 51.4 Å². The molecule has 1 fully saturated rings. The average molecular weight is 414 g/mol. The Balaban J connectivity index is 1.42. The first kappa shape index (κ1) is 22.3. The lowest BCUT2D eigenvalue weighted by Crippen LogP contribution is -2.38.